The van der Waals surface area contributed by atoms with E-state index in [9.17, 15) is 4.79 Å². The minimum atomic E-state index is -0.808. The fourth-order valence-corrected chi connectivity index (χ4v) is 4.69. The third-order valence-electron chi connectivity index (χ3n) is 6.47. The molecule has 2 heterocycles. The summed E-state index contributed by atoms with van der Waals surface area (Å²) in [6.07, 6.45) is 9.29. The highest BCUT2D eigenvalue weighted by molar-refractivity contribution is 5.99. The first-order chi connectivity index (χ1) is 16.1. The van der Waals surface area contributed by atoms with Crippen molar-refractivity contribution < 1.29 is 9.53 Å². The van der Waals surface area contributed by atoms with Crippen molar-refractivity contribution in [3.8, 4) is 5.75 Å². The number of aromatic nitrogens is 3. The molecule has 0 spiro atoms. The lowest BCUT2D eigenvalue weighted by Gasteiger charge is -2.32. The third kappa shape index (κ3) is 4.19. The zero-order valence-corrected chi connectivity index (χ0v) is 18.8. The molecule has 0 saturated heterocycles. The van der Waals surface area contributed by atoms with Gasteiger partial charge in [0.15, 0.2) is 17.2 Å². The van der Waals surface area contributed by atoms with Crippen LogP contribution in [0.3, 0.4) is 0 Å². The maximum atomic E-state index is 12.6. The number of imidazole rings is 1. The standard InChI is InChI=1S/C28H27N3O2/c1-28(27-30-18-19-31-27,20-8-3-2-4-9-20)33-26-16-15-23-22(11-7-12-25(23)32)24(26)14-13-21-10-5-6-17-29-21/h2-6,8-10,15-19H,7,11-14H2,1H3,(H,30,31)/t28-/m0/s1. The zero-order chi connectivity index (χ0) is 22.7. The first-order valence-corrected chi connectivity index (χ1v) is 11.5. The molecule has 0 unspecified atom stereocenters. The van der Waals surface area contributed by atoms with Gasteiger partial charge in [-0.2, -0.15) is 0 Å². The molecule has 1 N–H and O–H groups in total. The number of carbonyl (C=O) groups is 1. The van der Waals surface area contributed by atoms with Crippen LogP contribution in [0.15, 0.2) is 79.3 Å². The van der Waals surface area contributed by atoms with Crippen molar-refractivity contribution in [2.75, 3.05) is 0 Å². The molecule has 1 aliphatic rings. The number of Topliss-reactive ketones (excluding diaryl/α,β-unsaturated/α-hetero) is 1. The number of hydrogen-bond donors (Lipinski definition) is 1. The Bertz CT molecular complexity index is 1240. The van der Waals surface area contributed by atoms with Gasteiger partial charge < -0.3 is 9.72 Å². The molecule has 2 aromatic carbocycles. The van der Waals surface area contributed by atoms with Gasteiger partial charge >= 0.3 is 0 Å². The van der Waals surface area contributed by atoms with Gasteiger partial charge in [-0.1, -0.05) is 36.4 Å². The van der Waals surface area contributed by atoms with E-state index in [0.717, 1.165) is 65.2 Å². The van der Waals surface area contributed by atoms with Crippen LogP contribution < -0.4 is 4.74 Å². The van der Waals surface area contributed by atoms with Gasteiger partial charge in [-0.15, -0.1) is 0 Å². The fourth-order valence-electron chi connectivity index (χ4n) is 4.69. The summed E-state index contributed by atoms with van der Waals surface area (Å²) in [6.45, 7) is 2.04. The molecule has 1 aliphatic carbocycles. The number of fused-ring (bicyclic) bond motifs is 1. The van der Waals surface area contributed by atoms with Crippen molar-refractivity contribution in [2.45, 2.75) is 44.6 Å². The monoisotopic (exact) mass is 437 g/mol. The van der Waals surface area contributed by atoms with Crippen LogP contribution >= 0.6 is 0 Å². The number of ketones is 1. The van der Waals surface area contributed by atoms with Crippen LogP contribution in [0.2, 0.25) is 0 Å². The van der Waals surface area contributed by atoms with E-state index in [4.69, 9.17) is 4.74 Å². The van der Waals surface area contributed by atoms with Gasteiger partial charge in [0.1, 0.15) is 5.75 Å². The summed E-state index contributed by atoms with van der Waals surface area (Å²) in [4.78, 5) is 24.9. The minimum Gasteiger partial charge on any atom is -0.475 e. The Kier molecular flexibility index (Phi) is 5.78. The minimum absolute atomic E-state index is 0.221. The number of aromatic amines is 1. The van der Waals surface area contributed by atoms with Gasteiger partial charge in [0, 0.05) is 41.8 Å². The summed E-state index contributed by atoms with van der Waals surface area (Å²) in [7, 11) is 0. The maximum Gasteiger partial charge on any atom is 0.188 e. The second-order valence-electron chi connectivity index (χ2n) is 8.61. The van der Waals surface area contributed by atoms with Crippen molar-refractivity contribution >= 4 is 5.78 Å². The molecule has 0 amide bonds. The molecule has 5 heteroatoms. The SMILES string of the molecule is C[C@](Oc1ccc2c(c1CCc1ccccn1)CCCC2=O)(c1ccccc1)c1ncc[nH]1. The van der Waals surface area contributed by atoms with E-state index in [1.807, 2.05) is 67.8 Å². The second-order valence-corrected chi connectivity index (χ2v) is 8.61. The molecule has 1 atom stereocenters. The molecule has 0 aliphatic heterocycles. The number of benzene rings is 2. The highest BCUT2D eigenvalue weighted by atomic mass is 16.5. The first-order valence-electron chi connectivity index (χ1n) is 11.5. The number of ether oxygens (including phenoxy) is 1. The first kappa shape index (κ1) is 21.1. The number of hydrogen-bond acceptors (Lipinski definition) is 4. The average Bonchev–Trinajstić information content (AvgIpc) is 3.40. The Labute approximate surface area is 193 Å². The highest BCUT2D eigenvalue weighted by Gasteiger charge is 2.35. The lowest BCUT2D eigenvalue weighted by atomic mass is 9.85. The number of H-pyrrole nitrogens is 1. The largest absolute Gasteiger partial charge is 0.475 e. The summed E-state index contributed by atoms with van der Waals surface area (Å²) in [6, 6.07) is 20.0. The number of pyridine rings is 1. The van der Waals surface area contributed by atoms with Gasteiger partial charge in [0.2, 0.25) is 0 Å². The van der Waals surface area contributed by atoms with Crippen LogP contribution in [0, 0.1) is 0 Å². The predicted octanol–water partition coefficient (Wildman–Crippen LogP) is 5.45. The number of nitrogens with zero attached hydrogens (tertiary/aromatic N) is 2. The van der Waals surface area contributed by atoms with E-state index < -0.39 is 5.60 Å². The molecule has 5 nitrogen and oxygen atoms in total. The Balaban J connectivity index is 1.58. The molecular weight excluding hydrogens is 410 g/mol. The van der Waals surface area contributed by atoms with Crippen LogP contribution in [0.25, 0.3) is 0 Å². The Morgan fingerprint density at radius 3 is 2.55 bits per heavy atom. The van der Waals surface area contributed by atoms with E-state index in [0.29, 0.717) is 6.42 Å². The van der Waals surface area contributed by atoms with Crippen molar-refractivity contribution in [3.05, 3.63) is 113 Å². The normalized spacial score (nSPS) is 15.0. The van der Waals surface area contributed by atoms with E-state index in [1.165, 1.54) is 0 Å². The van der Waals surface area contributed by atoms with Crippen LogP contribution in [-0.4, -0.2) is 20.7 Å². The topological polar surface area (TPSA) is 67.9 Å². The lowest BCUT2D eigenvalue weighted by molar-refractivity contribution is 0.0971. The number of carbonyl (C=O) groups excluding carboxylic acids is 1. The van der Waals surface area contributed by atoms with Gasteiger partial charge in [0.25, 0.3) is 0 Å². The van der Waals surface area contributed by atoms with Crippen molar-refractivity contribution in [1.29, 1.82) is 0 Å². The number of rotatable bonds is 7. The van der Waals surface area contributed by atoms with Crippen molar-refractivity contribution in [2.24, 2.45) is 0 Å². The van der Waals surface area contributed by atoms with Gasteiger partial charge in [-0.3, -0.25) is 9.78 Å². The number of aryl methyl sites for hydroxylation is 1. The zero-order valence-electron chi connectivity index (χ0n) is 18.8. The van der Waals surface area contributed by atoms with Crippen molar-refractivity contribution in [3.63, 3.8) is 0 Å². The predicted molar refractivity (Wildman–Crippen MR) is 127 cm³/mol. The molecular formula is C28H27N3O2. The van der Waals surface area contributed by atoms with Crippen LogP contribution in [0.4, 0.5) is 0 Å². The Morgan fingerprint density at radius 1 is 0.939 bits per heavy atom. The molecule has 5 rings (SSSR count). The molecule has 0 saturated carbocycles. The van der Waals surface area contributed by atoms with E-state index in [1.54, 1.807) is 6.20 Å². The molecule has 0 radical (unpaired) electrons. The molecule has 2 aromatic heterocycles. The Hall–Kier alpha value is -3.73. The smallest absolute Gasteiger partial charge is 0.188 e. The quantitative estimate of drug-likeness (QED) is 0.417. The fraction of sp³-hybridized carbons (Fsp3) is 0.250. The van der Waals surface area contributed by atoms with E-state index in [-0.39, 0.29) is 5.78 Å². The summed E-state index contributed by atoms with van der Waals surface area (Å²) in [5.74, 6) is 1.75. The molecule has 33 heavy (non-hydrogen) atoms. The maximum absolute atomic E-state index is 12.6. The third-order valence-corrected chi connectivity index (χ3v) is 6.47. The lowest BCUT2D eigenvalue weighted by Crippen LogP contribution is -2.33. The summed E-state index contributed by atoms with van der Waals surface area (Å²) >= 11 is 0. The van der Waals surface area contributed by atoms with Gasteiger partial charge in [-0.05, 0) is 68.0 Å². The van der Waals surface area contributed by atoms with Crippen LogP contribution in [0.1, 0.15) is 58.3 Å². The molecule has 166 valence electrons. The summed E-state index contributed by atoms with van der Waals surface area (Å²) < 4.78 is 6.83. The van der Waals surface area contributed by atoms with Gasteiger partial charge in [-0.25, -0.2) is 4.98 Å². The summed E-state index contributed by atoms with van der Waals surface area (Å²) in [5, 5.41) is 0. The molecule has 0 fully saturated rings. The summed E-state index contributed by atoms with van der Waals surface area (Å²) in [5.41, 5.74) is 4.28. The van der Waals surface area contributed by atoms with Crippen LogP contribution in [0.5, 0.6) is 5.75 Å². The number of nitrogens with one attached hydrogen (secondary N) is 1. The average molecular weight is 438 g/mol. The molecule has 0 bridgehead atoms. The van der Waals surface area contributed by atoms with Gasteiger partial charge in [0.05, 0.1) is 0 Å². The van der Waals surface area contributed by atoms with E-state index in [2.05, 4.69) is 27.1 Å². The highest BCUT2D eigenvalue weighted by Crippen LogP contribution is 2.38. The Morgan fingerprint density at radius 2 is 1.79 bits per heavy atom. The van der Waals surface area contributed by atoms with Crippen LogP contribution in [-0.2, 0) is 24.9 Å². The van der Waals surface area contributed by atoms with E-state index >= 15 is 0 Å². The van der Waals surface area contributed by atoms with Crippen molar-refractivity contribution in [1.82, 2.24) is 15.0 Å². The molecule has 4 aromatic rings. The second kappa shape index (κ2) is 9.02.